The highest BCUT2D eigenvalue weighted by atomic mass is 35.5. The van der Waals surface area contributed by atoms with Crippen molar-refractivity contribution in [3.63, 3.8) is 0 Å². The van der Waals surface area contributed by atoms with Crippen LogP contribution >= 0.6 is 11.6 Å². The van der Waals surface area contributed by atoms with Crippen LogP contribution in [0.2, 0.25) is 5.02 Å². The minimum atomic E-state index is -3.46. The Morgan fingerprint density at radius 2 is 1.84 bits per heavy atom. The van der Waals surface area contributed by atoms with Gasteiger partial charge in [-0.05, 0) is 29.5 Å². The van der Waals surface area contributed by atoms with E-state index in [-0.39, 0.29) is 17.9 Å². The molecule has 0 aliphatic heterocycles. The van der Waals surface area contributed by atoms with Crippen molar-refractivity contribution < 1.29 is 12.6 Å². The first-order valence-electron chi connectivity index (χ1n) is 6.33. The van der Waals surface area contributed by atoms with Gasteiger partial charge in [0, 0.05) is 10.9 Å². The van der Waals surface area contributed by atoms with Gasteiger partial charge in [-0.25, -0.2) is 0 Å². The van der Waals surface area contributed by atoms with E-state index in [0.29, 0.717) is 11.4 Å². The van der Waals surface area contributed by atoms with Gasteiger partial charge in [-0.1, -0.05) is 44.5 Å². The molecule has 0 aromatic heterocycles. The van der Waals surface area contributed by atoms with Crippen LogP contribution in [0.5, 0.6) is 0 Å². The number of benzene rings is 1. The summed E-state index contributed by atoms with van der Waals surface area (Å²) in [6.45, 7) is 6.07. The van der Waals surface area contributed by atoms with Gasteiger partial charge in [0.25, 0.3) is 10.1 Å². The first kappa shape index (κ1) is 14.8. The predicted octanol–water partition coefficient (Wildman–Crippen LogP) is 3.59. The molecule has 0 bridgehead atoms. The standard InChI is InChI=1S/C14H19ClO3S/c1-14(2,3)9-18-19(16,17)13-8-12(13)10-4-6-11(15)7-5-10/h4-7,12-13H,8-9H2,1-3H3. The topological polar surface area (TPSA) is 43.4 Å². The van der Waals surface area contributed by atoms with Crippen LogP contribution in [0.3, 0.4) is 0 Å². The molecule has 0 N–H and O–H groups in total. The smallest absolute Gasteiger partial charge is 0.269 e. The number of rotatable bonds is 4. The molecule has 19 heavy (non-hydrogen) atoms. The van der Waals surface area contributed by atoms with Crippen LogP contribution in [-0.4, -0.2) is 20.3 Å². The summed E-state index contributed by atoms with van der Waals surface area (Å²) in [5.41, 5.74) is 0.856. The van der Waals surface area contributed by atoms with Crippen molar-refractivity contribution in [3.8, 4) is 0 Å². The monoisotopic (exact) mass is 302 g/mol. The van der Waals surface area contributed by atoms with Crippen LogP contribution < -0.4 is 0 Å². The minimum absolute atomic E-state index is 0.0437. The molecular formula is C14H19ClO3S. The van der Waals surface area contributed by atoms with Crippen LogP contribution in [-0.2, 0) is 14.3 Å². The van der Waals surface area contributed by atoms with Gasteiger partial charge in [-0.3, -0.25) is 4.18 Å². The van der Waals surface area contributed by atoms with Crippen molar-refractivity contribution in [3.05, 3.63) is 34.9 Å². The zero-order valence-electron chi connectivity index (χ0n) is 11.4. The van der Waals surface area contributed by atoms with Crippen LogP contribution in [0.15, 0.2) is 24.3 Å². The van der Waals surface area contributed by atoms with E-state index < -0.39 is 15.4 Å². The molecule has 106 valence electrons. The van der Waals surface area contributed by atoms with Crippen LogP contribution in [0.25, 0.3) is 0 Å². The molecule has 3 nitrogen and oxygen atoms in total. The third-order valence-corrected chi connectivity index (χ3v) is 5.02. The third-order valence-electron chi connectivity index (χ3n) is 3.06. The zero-order chi connectivity index (χ0) is 14.3. The fourth-order valence-electron chi connectivity index (χ4n) is 1.90. The molecule has 0 radical (unpaired) electrons. The van der Waals surface area contributed by atoms with E-state index in [4.69, 9.17) is 15.8 Å². The van der Waals surface area contributed by atoms with Gasteiger partial charge in [-0.15, -0.1) is 0 Å². The molecule has 1 aromatic carbocycles. The second-order valence-corrected chi connectivity index (χ2v) is 8.51. The molecule has 0 spiro atoms. The third kappa shape index (κ3) is 3.94. The molecule has 2 rings (SSSR count). The molecular weight excluding hydrogens is 284 g/mol. The lowest BCUT2D eigenvalue weighted by molar-refractivity contribution is 0.203. The Kier molecular flexibility index (Phi) is 3.96. The highest BCUT2D eigenvalue weighted by Crippen LogP contribution is 2.46. The van der Waals surface area contributed by atoms with E-state index in [9.17, 15) is 8.42 Å². The number of halogens is 1. The fourth-order valence-corrected chi connectivity index (χ4v) is 3.72. The summed E-state index contributed by atoms with van der Waals surface area (Å²) in [6, 6.07) is 7.34. The summed E-state index contributed by atoms with van der Waals surface area (Å²) in [5.74, 6) is 0.0437. The van der Waals surface area contributed by atoms with Gasteiger partial charge >= 0.3 is 0 Å². The lowest BCUT2D eigenvalue weighted by Gasteiger charge is -2.17. The highest BCUT2D eigenvalue weighted by molar-refractivity contribution is 7.87. The van der Waals surface area contributed by atoms with Crippen molar-refractivity contribution in [2.75, 3.05) is 6.61 Å². The molecule has 0 saturated heterocycles. The number of hydrogen-bond donors (Lipinski definition) is 0. The molecule has 1 saturated carbocycles. The Morgan fingerprint density at radius 3 is 2.37 bits per heavy atom. The molecule has 2 atom stereocenters. The normalized spacial score (nSPS) is 23.4. The Hall–Kier alpha value is -0.580. The molecule has 0 amide bonds. The molecule has 1 aromatic rings. The largest absolute Gasteiger partial charge is 0.270 e. The van der Waals surface area contributed by atoms with Crippen LogP contribution in [0.4, 0.5) is 0 Å². The maximum atomic E-state index is 12.0. The summed E-state index contributed by atoms with van der Waals surface area (Å²) >= 11 is 5.82. The average molecular weight is 303 g/mol. The molecule has 5 heteroatoms. The van der Waals surface area contributed by atoms with E-state index in [1.165, 1.54) is 0 Å². The van der Waals surface area contributed by atoms with E-state index in [1.807, 2.05) is 32.9 Å². The second kappa shape index (κ2) is 5.08. The molecule has 1 fully saturated rings. The van der Waals surface area contributed by atoms with E-state index in [2.05, 4.69) is 0 Å². The van der Waals surface area contributed by atoms with Gasteiger partial charge < -0.3 is 0 Å². The SMILES string of the molecule is CC(C)(C)COS(=O)(=O)C1CC1c1ccc(Cl)cc1. The summed E-state index contributed by atoms with van der Waals surface area (Å²) in [4.78, 5) is 0. The van der Waals surface area contributed by atoms with E-state index in [0.717, 1.165) is 5.56 Å². The molecule has 0 heterocycles. The summed E-state index contributed by atoms with van der Waals surface area (Å²) in [5, 5.41) is 0.254. The van der Waals surface area contributed by atoms with Crippen LogP contribution in [0, 0.1) is 5.41 Å². The lowest BCUT2D eigenvalue weighted by Crippen LogP contribution is -2.21. The van der Waals surface area contributed by atoms with E-state index in [1.54, 1.807) is 12.1 Å². The van der Waals surface area contributed by atoms with Crippen LogP contribution in [0.1, 0.15) is 38.7 Å². The fraction of sp³-hybridized carbons (Fsp3) is 0.571. The van der Waals surface area contributed by atoms with Crippen molar-refractivity contribution in [2.24, 2.45) is 5.41 Å². The Bertz CT molecular complexity index is 543. The lowest BCUT2D eigenvalue weighted by atomic mass is 9.99. The quantitative estimate of drug-likeness (QED) is 0.798. The summed E-state index contributed by atoms with van der Waals surface area (Å²) < 4.78 is 29.2. The van der Waals surface area contributed by atoms with Crippen molar-refractivity contribution in [2.45, 2.75) is 38.4 Å². The van der Waals surface area contributed by atoms with Gasteiger partial charge in [0.05, 0.1) is 11.9 Å². The summed E-state index contributed by atoms with van der Waals surface area (Å²) in [7, 11) is -3.46. The maximum absolute atomic E-state index is 12.0. The van der Waals surface area contributed by atoms with Gasteiger partial charge in [-0.2, -0.15) is 8.42 Å². The predicted molar refractivity (Wildman–Crippen MR) is 76.9 cm³/mol. The Balaban J connectivity index is 2.00. The Labute approximate surface area is 120 Å². The van der Waals surface area contributed by atoms with Gasteiger partial charge in [0.2, 0.25) is 0 Å². The first-order valence-corrected chi connectivity index (χ1v) is 8.18. The second-order valence-electron chi connectivity index (χ2n) is 6.25. The molecule has 1 aliphatic carbocycles. The van der Waals surface area contributed by atoms with E-state index >= 15 is 0 Å². The Morgan fingerprint density at radius 1 is 1.26 bits per heavy atom. The summed E-state index contributed by atoms with van der Waals surface area (Å²) in [6.07, 6.45) is 0.633. The van der Waals surface area contributed by atoms with Gasteiger partial charge in [0.1, 0.15) is 0 Å². The van der Waals surface area contributed by atoms with Gasteiger partial charge in [0.15, 0.2) is 0 Å². The number of hydrogen-bond acceptors (Lipinski definition) is 3. The average Bonchev–Trinajstić information content (AvgIpc) is 3.07. The maximum Gasteiger partial charge on any atom is 0.270 e. The molecule has 2 unspecified atom stereocenters. The van der Waals surface area contributed by atoms with Crippen molar-refractivity contribution in [1.29, 1.82) is 0 Å². The van der Waals surface area contributed by atoms with Crippen molar-refractivity contribution >= 4 is 21.7 Å². The van der Waals surface area contributed by atoms with Crippen molar-refractivity contribution in [1.82, 2.24) is 0 Å². The zero-order valence-corrected chi connectivity index (χ0v) is 13.0. The minimum Gasteiger partial charge on any atom is -0.269 e. The highest BCUT2D eigenvalue weighted by Gasteiger charge is 2.49. The first-order chi connectivity index (χ1) is 8.69. The molecule has 1 aliphatic rings.